The molecule has 0 aliphatic heterocycles. The normalized spacial score (nSPS) is 20.1. The van der Waals surface area contributed by atoms with Crippen LogP contribution < -0.4 is 15.4 Å². The molecule has 0 saturated heterocycles. The molecule has 1 atom stereocenters. The molecule has 7 heteroatoms. The monoisotopic (exact) mass is 335 g/mol. The van der Waals surface area contributed by atoms with Gasteiger partial charge in [-0.2, -0.15) is 0 Å². The highest BCUT2D eigenvalue weighted by Crippen LogP contribution is 2.22. The second kappa shape index (κ2) is 6.87. The summed E-state index contributed by atoms with van der Waals surface area (Å²) >= 11 is 0. The molecule has 124 valence electrons. The summed E-state index contributed by atoms with van der Waals surface area (Å²) in [6.07, 6.45) is 10.5. The summed E-state index contributed by atoms with van der Waals surface area (Å²) in [6, 6.07) is 6.17. The number of carbonyl (C=O) groups is 1. The summed E-state index contributed by atoms with van der Waals surface area (Å²) in [7, 11) is -3.31. The zero-order valence-electron chi connectivity index (χ0n) is 13.2. The van der Waals surface area contributed by atoms with Gasteiger partial charge in [0.05, 0.1) is 11.8 Å². The van der Waals surface area contributed by atoms with Crippen molar-refractivity contribution in [3.8, 4) is 0 Å². The summed E-state index contributed by atoms with van der Waals surface area (Å²) < 4.78 is 24.7. The van der Waals surface area contributed by atoms with Gasteiger partial charge in [-0.3, -0.25) is 4.72 Å². The standard InChI is InChI=1S/C16H21N3O3S/c1-3-16(11-5-4-6-12-16)18-15(20)17-13-7-9-14(10-8-13)19-23(2,21)22/h4-11,19H,3,12H2,1-2H3,(H2,17,18,20)/t16-/m1/s1. The largest absolute Gasteiger partial charge is 0.329 e. The molecule has 0 heterocycles. The molecule has 1 aliphatic rings. The van der Waals surface area contributed by atoms with E-state index in [0.717, 1.165) is 19.1 Å². The van der Waals surface area contributed by atoms with Crippen molar-refractivity contribution >= 4 is 27.4 Å². The van der Waals surface area contributed by atoms with Gasteiger partial charge in [0, 0.05) is 11.4 Å². The van der Waals surface area contributed by atoms with Gasteiger partial charge in [0.15, 0.2) is 0 Å². The number of anilines is 2. The number of carbonyl (C=O) groups excluding carboxylic acids is 1. The fourth-order valence-electron chi connectivity index (χ4n) is 2.33. The Labute approximate surface area is 136 Å². The molecule has 0 aromatic heterocycles. The number of urea groups is 1. The molecular formula is C16H21N3O3S. The molecule has 2 amide bonds. The van der Waals surface area contributed by atoms with Crippen LogP contribution in [0.15, 0.2) is 48.6 Å². The van der Waals surface area contributed by atoms with Crippen LogP contribution in [-0.4, -0.2) is 26.2 Å². The third-order valence-corrected chi connectivity index (χ3v) is 4.19. The van der Waals surface area contributed by atoms with Crippen molar-refractivity contribution < 1.29 is 13.2 Å². The molecule has 0 saturated carbocycles. The smallest absolute Gasteiger partial charge is 0.319 e. The van der Waals surface area contributed by atoms with Crippen LogP contribution in [0.25, 0.3) is 0 Å². The quantitative estimate of drug-likeness (QED) is 0.773. The van der Waals surface area contributed by atoms with Gasteiger partial charge in [0.25, 0.3) is 0 Å². The Hall–Kier alpha value is -2.28. The first kappa shape index (κ1) is 17.1. The van der Waals surface area contributed by atoms with Crippen LogP contribution in [0.1, 0.15) is 19.8 Å². The van der Waals surface area contributed by atoms with Gasteiger partial charge >= 0.3 is 6.03 Å². The minimum atomic E-state index is -3.31. The molecule has 0 fully saturated rings. The van der Waals surface area contributed by atoms with Gasteiger partial charge in [-0.15, -0.1) is 0 Å². The van der Waals surface area contributed by atoms with E-state index in [9.17, 15) is 13.2 Å². The van der Waals surface area contributed by atoms with E-state index >= 15 is 0 Å². The third-order valence-electron chi connectivity index (χ3n) is 3.58. The molecule has 0 spiro atoms. The number of sulfonamides is 1. The molecule has 23 heavy (non-hydrogen) atoms. The van der Waals surface area contributed by atoms with Crippen LogP contribution in [0.3, 0.4) is 0 Å². The molecular weight excluding hydrogens is 314 g/mol. The molecule has 2 rings (SSSR count). The van der Waals surface area contributed by atoms with Gasteiger partial charge < -0.3 is 10.6 Å². The number of amides is 2. The molecule has 1 aromatic rings. The Bertz CT molecular complexity index is 723. The van der Waals surface area contributed by atoms with E-state index in [1.54, 1.807) is 24.3 Å². The van der Waals surface area contributed by atoms with E-state index in [-0.39, 0.29) is 11.6 Å². The second-order valence-electron chi connectivity index (χ2n) is 5.53. The van der Waals surface area contributed by atoms with Crippen LogP contribution in [0.2, 0.25) is 0 Å². The van der Waals surface area contributed by atoms with Crippen molar-refractivity contribution in [2.75, 3.05) is 16.3 Å². The van der Waals surface area contributed by atoms with E-state index in [0.29, 0.717) is 11.4 Å². The lowest BCUT2D eigenvalue weighted by molar-refractivity contribution is 0.242. The average Bonchev–Trinajstić information content (AvgIpc) is 2.48. The summed E-state index contributed by atoms with van der Waals surface area (Å²) in [5.41, 5.74) is 0.670. The van der Waals surface area contributed by atoms with E-state index < -0.39 is 10.0 Å². The highest BCUT2D eigenvalue weighted by atomic mass is 32.2. The van der Waals surface area contributed by atoms with Crippen molar-refractivity contribution in [2.45, 2.75) is 25.3 Å². The molecule has 6 nitrogen and oxygen atoms in total. The average molecular weight is 335 g/mol. The lowest BCUT2D eigenvalue weighted by Gasteiger charge is -2.31. The summed E-state index contributed by atoms with van der Waals surface area (Å²) in [5, 5.41) is 5.74. The van der Waals surface area contributed by atoms with Crippen LogP contribution >= 0.6 is 0 Å². The van der Waals surface area contributed by atoms with Gasteiger partial charge in [-0.1, -0.05) is 31.2 Å². The fourth-order valence-corrected chi connectivity index (χ4v) is 2.90. The number of allylic oxidation sites excluding steroid dienone is 2. The Balaban J connectivity index is 1.97. The lowest BCUT2D eigenvalue weighted by Crippen LogP contribution is -2.48. The topological polar surface area (TPSA) is 87.3 Å². The van der Waals surface area contributed by atoms with Gasteiger partial charge in [-0.25, -0.2) is 13.2 Å². The molecule has 0 radical (unpaired) electrons. The molecule has 1 aromatic carbocycles. The molecule has 0 bridgehead atoms. The van der Waals surface area contributed by atoms with Crippen molar-refractivity contribution in [3.63, 3.8) is 0 Å². The number of benzene rings is 1. The number of nitrogens with one attached hydrogen (secondary N) is 3. The maximum Gasteiger partial charge on any atom is 0.319 e. The first-order valence-electron chi connectivity index (χ1n) is 7.33. The Kier molecular flexibility index (Phi) is 5.10. The van der Waals surface area contributed by atoms with Crippen molar-refractivity contribution in [2.24, 2.45) is 0 Å². The predicted octanol–water partition coefficient (Wildman–Crippen LogP) is 2.84. The van der Waals surface area contributed by atoms with E-state index in [2.05, 4.69) is 15.4 Å². The number of hydrogen-bond donors (Lipinski definition) is 3. The maximum atomic E-state index is 12.2. The number of hydrogen-bond acceptors (Lipinski definition) is 3. The first-order chi connectivity index (χ1) is 10.8. The number of rotatable bonds is 5. The van der Waals surface area contributed by atoms with Gasteiger partial charge in [0.2, 0.25) is 10.0 Å². The molecule has 0 unspecified atom stereocenters. The van der Waals surface area contributed by atoms with Crippen molar-refractivity contribution in [1.82, 2.24) is 5.32 Å². The Morgan fingerprint density at radius 3 is 2.35 bits per heavy atom. The van der Waals surface area contributed by atoms with E-state index in [1.165, 1.54) is 0 Å². The second-order valence-corrected chi connectivity index (χ2v) is 7.28. The van der Waals surface area contributed by atoms with Gasteiger partial charge in [-0.05, 0) is 37.1 Å². The third kappa shape index (κ3) is 5.14. The van der Waals surface area contributed by atoms with Gasteiger partial charge in [0.1, 0.15) is 0 Å². The molecule has 3 N–H and O–H groups in total. The lowest BCUT2D eigenvalue weighted by atomic mass is 9.89. The van der Waals surface area contributed by atoms with Crippen molar-refractivity contribution in [1.29, 1.82) is 0 Å². The summed E-state index contributed by atoms with van der Waals surface area (Å²) in [4.78, 5) is 12.2. The predicted molar refractivity (Wildman–Crippen MR) is 93.0 cm³/mol. The minimum Gasteiger partial charge on any atom is -0.329 e. The van der Waals surface area contributed by atoms with Crippen LogP contribution in [-0.2, 0) is 10.0 Å². The SMILES string of the molecule is CC[C@@]1(NC(=O)Nc2ccc(NS(C)(=O)=O)cc2)C=CC=CC1. The van der Waals surface area contributed by atoms with Crippen molar-refractivity contribution in [3.05, 3.63) is 48.6 Å². The molecule has 1 aliphatic carbocycles. The Morgan fingerprint density at radius 1 is 1.17 bits per heavy atom. The minimum absolute atomic E-state index is 0.296. The summed E-state index contributed by atoms with van der Waals surface area (Å²) in [6.45, 7) is 2.02. The fraction of sp³-hybridized carbons (Fsp3) is 0.312. The van der Waals surface area contributed by atoms with Crippen LogP contribution in [0.5, 0.6) is 0 Å². The Morgan fingerprint density at radius 2 is 1.83 bits per heavy atom. The summed E-state index contributed by atoms with van der Waals surface area (Å²) in [5.74, 6) is 0. The first-order valence-corrected chi connectivity index (χ1v) is 9.22. The zero-order valence-corrected chi connectivity index (χ0v) is 14.0. The van der Waals surface area contributed by atoms with Crippen LogP contribution in [0, 0.1) is 0 Å². The van der Waals surface area contributed by atoms with E-state index in [1.807, 2.05) is 31.2 Å². The zero-order chi connectivity index (χ0) is 16.9. The maximum absolute atomic E-state index is 12.2. The van der Waals surface area contributed by atoms with E-state index in [4.69, 9.17) is 0 Å². The highest BCUT2D eigenvalue weighted by molar-refractivity contribution is 7.92. The van der Waals surface area contributed by atoms with Crippen LogP contribution in [0.4, 0.5) is 16.2 Å². The highest BCUT2D eigenvalue weighted by Gasteiger charge is 2.26.